The predicted octanol–water partition coefficient (Wildman–Crippen LogP) is 3.30. The topological polar surface area (TPSA) is 70.7 Å². The summed E-state index contributed by atoms with van der Waals surface area (Å²) in [4.78, 5) is 2.06. The van der Waals surface area contributed by atoms with Crippen molar-refractivity contribution in [1.82, 2.24) is 19.8 Å². The molecule has 4 aromatic rings. The molecule has 0 aliphatic rings. The average molecular weight is 357 g/mol. The fourth-order valence-electron chi connectivity index (χ4n) is 2.65. The molecule has 0 unspecified atom stereocenters. The van der Waals surface area contributed by atoms with E-state index >= 15 is 0 Å². The molecule has 134 valence electrons. The Bertz CT molecular complexity index is 1070. The highest BCUT2D eigenvalue weighted by molar-refractivity contribution is 5.80. The standard InChI is InChI=1S/C20H19N7/c1-26(2)17-10-8-15(9-11-17)14-21-22-18-12-13-19-23-24-20(27(19)25-18)16-6-4-3-5-7-16/h3-14H,1-2H3,(H,22,25)/b21-14+. The number of nitrogens with one attached hydrogen (secondary N) is 1. The molecule has 1 N–H and O–H groups in total. The molecule has 0 saturated carbocycles. The van der Waals surface area contributed by atoms with E-state index in [1.165, 1.54) is 0 Å². The van der Waals surface area contributed by atoms with Gasteiger partial charge in [0.15, 0.2) is 17.3 Å². The number of hydrogen-bond acceptors (Lipinski definition) is 6. The second-order valence-electron chi connectivity index (χ2n) is 6.23. The molecular formula is C20H19N7. The largest absolute Gasteiger partial charge is 0.378 e. The van der Waals surface area contributed by atoms with E-state index < -0.39 is 0 Å². The molecular weight excluding hydrogens is 338 g/mol. The fraction of sp³-hybridized carbons (Fsp3) is 0.100. The third-order valence-corrected chi connectivity index (χ3v) is 4.10. The van der Waals surface area contributed by atoms with Gasteiger partial charge in [-0.25, -0.2) is 0 Å². The molecule has 0 saturated heterocycles. The Balaban J connectivity index is 1.54. The Kier molecular flexibility index (Phi) is 4.49. The van der Waals surface area contributed by atoms with Crippen molar-refractivity contribution in [3.63, 3.8) is 0 Å². The van der Waals surface area contributed by atoms with Gasteiger partial charge in [-0.05, 0) is 29.8 Å². The summed E-state index contributed by atoms with van der Waals surface area (Å²) in [5.74, 6) is 1.30. The Morgan fingerprint density at radius 1 is 0.926 bits per heavy atom. The lowest BCUT2D eigenvalue weighted by atomic mass is 10.2. The van der Waals surface area contributed by atoms with Crippen LogP contribution in [0.2, 0.25) is 0 Å². The maximum atomic E-state index is 4.54. The first-order valence-electron chi connectivity index (χ1n) is 8.55. The van der Waals surface area contributed by atoms with E-state index in [4.69, 9.17) is 0 Å². The first-order chi connectivity index (χ1) is 13.2. The van der Waals surface area contributed by atoms with Crippen LogP contribution in [0.25, 0.3) is 17.0 Å². The molecule has 0 atom stereocenters. The zero-order valence-corrected chi connectivity index (χ0v) is 15.1. The van der Waals surface area contributed by atoms with Crippen LogP contribution in [-0.2, 0) is 0 Å². The number of aromatic nitrogens is 4. The summed E-state index contributed by atoms with van der Waals surface area (Å²) in [5.41, 5.74) is 6.75. The van der Waals surface area contributed by atoms with Gasteiger partial charge in [-0.15, -0.1) is 15.3 Å². The van der Waals surface area contributed by atoms with Crippen molar-refractivity contribution in [2.45, 2.75) is 0 Å². The molecule has 2 aromatic heterocycles. The number of rotatable bonds is 5. The molecule has 7 heteroatoms. The quantitative estimate of drug-likeness (QED) is 0.438. The molecule has 0 aliphatic heterocycles. The summed E-state index contributed by atoms with van der Waals surface area (Å²) >= 11 is 0. The average Bonchev–Trinajstić information content (AvgIpc) is 3.12. The maximum Gasteiger partial charge on any atom is 0.185 e. The van der Waals surface area contributed by atoms with Gasteiger partial charge in [0.1, 0.15) is 0 Å². The molecule has 0 fully saturated rings. The maximum absolute atomic E-state index is 4.54. The Hall–Kier alpha value is -3.74. The normalized spacial score (nSPS) is 11.2. The van der Waals surface area contributed by atoms with Gasteiger partial charge >= 0.3 is 0 Å². The third-order valence-electron chi connectivity index (χ3n) is 4.10. The van der Waals surface area contributed by atoms with Gasteiger partial charge in [-0.1, -0.05) is 42.5 Å². The van der Waals surface area contributed by atoms with Gasteiger partial charge in [0.2, 0.25) is 0 Å². The van der Waals surface area contributed by atoms with Gasteiger partial charge in [0.25, 0.3) is 0 Å². The summed E-state index contributed by atoms with van der Waals surface area (Å²) in [6, 6.07) is 21.7. The molecule has 4 rings (SSSR count). The van der Waals surface area contributed by atoms with E-state index in [2.05, 4.69) is 42.9 Å². The number of anilines is 2. The molecule has 0 aliphatic carbocycles. The summed E-state index contributed by atoms with van der Waals surface area (Å²) in [6.07, 6.45) is 1.76. The van der Waals surface area contributed by atoms with Crippen LogP contribution in [0.3, 0.4) is 0 Å². The summed E-state index contributed by atoms with van der Waals surface area (Å²) in [7, 11) is 4.03. The molecule has 0 spiro atoms. The van der Waals surface area contributed by atoms with E-state index in [0.29, 0.717) is 17.3 Å². The lowest BCUT2D eigenvalue weighted by Crippen LogP contribution is -2.08. The molecule has 0 amide bonds. The molecule has 2 aromatic carbocycles. The predicted molar refractivity (Wildman–Crippen MR) is 108 cm³/mol. The Labute approximate surface area is 157 Å². The van der Waals surface area contributed by atoms with Crippen LogP contribution >= 0.6 is 0 Å². The fourth-order valence-corrected chi connectivity index (χ4v) is 2.65. The van der Waals surface area contributed by atoms with E-state index in [1.807, 2.05) is 68.7 Å². The SMILES string of the molecule is CN(C)c1ccc(/C=N/Nc2ccc3nnc(-c4ccccc4)n3n2)cc1. The highest BCUT2D eigenvalue weighted by Crippen LogP contribution is 2.18. The van der Waals surface area contributed by atoms with Gasteiger partial charge in [-0.2, -0.15) is 9.62 Å². The second kappa shape index (κ2) is 7.25. The zero-order valence-electron chi connectivity index (χ0n) is 15.1. The molecule has 0 bridgehead atoms. The first kappa shape index (κ1) is 16.7. The van der Waals surface area contributed by atoms with E-state index in [-0.39, 0.29) is 0 Å². The van der Waals surface area contributed by atoms with E-state index in [9.17, 15) is 0 Å². The number of hydrazone groups is 1. The molecule has 7 nitrogen and oxygen atoms in total. The van der Waals surface area contributed by atoms with Crippen LogP contribution in [0, 0.1) is 0 Å². The number of fused-ring (bicyclic) bond motifs is 1. The van der Waals surface area contributed by atoms with Crippen molar-refractivity contribution >= 4 is 23.4 Å². The van der Waals surface area contributed by atoms with Crippen molar-refractivity contribution in [3.05, 3.63) is 72.3 Å². The third kappa shape index (κ3) is 3.62. The van der Waals surface area contributed by atoms with Crippen LogP contribution in [0.4, 0.5) is 11.5 Å². The molecule has 27 heavy (non-hydrogen) atoms. The number of nitrogens with zero attached hydrogens (tertiary/aromatic N) is 6. The van der Waals surface area contributed by atoms with Crippen molar-refractivity contribution < 1.29 is 0 Å². The smallest absolute Gasteiger partial charge is 0.185 e. The number of hydrogen-bond donors (Lipinski definition) is 1. The van der Waals surface area contributed by atoms with Crippen LogP contribution < -0.4 is 10.3 Å². The second-order valence-corrected chi connectivity index (χ2v) is 6.23. The highest BCUT2D eigenvalue weighted by Gasteiger charge is 2.09. The van der Waals surface area contributed by atoms with E-state index in [0.717, 1.165) is 16.8 Å². The summed E-state index contributed by atoms with van der Waals surface area (Å²) in [5, 5.41) is 17.2. The van der Waals surface area contributed by atoms with Gasteiger partial charge in [-0.3, -0.25) is 5.43 Å². The van der Waals surface area contributed by atoms with Crippen molar-refractivity contribution in [2.75, 3.05) is 24.4 Å². The minimum atomic E-state index is 0.612. The molecule has 0 radical (unpaired) electrons. The van der Waals surface area contributed by atoms with Gasteiger partial charge < -0.3 is 4.90 Å². The minimum Gasteiger partial charge on any atom is -0.378 e. The highest BCUT2D eigenvalue weighted by atomic mass is 15.4. The lowest BCUT2D eigenvalue weighted by molar-refractivity contribution is 0.934. The van der Waals surface area contributed by atoms with Crippen LogP contribution in [0.1, 0.15) is 5.56 Å². The van der Waals surface area contributed by atoms with Crippen LogP contribution in [0.5, 0.6) is 0 Å². The van der Waals surface area contributed by atoms with Gasteiger partial charge in [0.05, 0.1) is 6.21 Å². The summed E-state index contributed by atoms with van der Waals surface area (Å²) < 4.78 is 1.71. The zero-order chi connectivity index (χ0) is 18.6. The Morgan fingerprint density at radius 3 is 2.44 bits per heavy atom. The van der Waals surface area contributed by atoms with Crippen molar-refractivity contribution in [3.8, 4) is 11.4 Å². The monoisotopic (exact) mass is 357 g/mol. The van der Waals surface area contributed by atoms with Crippen LogP contribution in [-0.4, -0.2) is 40.1 Å². The van der Waals surface area contributed by atoms with Crippen LogP contribution in [0.15, 0.2) is 71.8 Å². The number of benzene rings is 2. The van der Waals surface area contributed by atoms with Gasteiger partial charge in [0, 0.05) is 25.3 Å². The van der Waals surface area contributed by atoms with Crippen molar-refractivity contribution in [2.24, 2.45) is 5.10 Å². The molecule has 2 heterocycles. The lowest BCUT2D eigenvalue weighted by Gasteiger charge is -2.11. The van der Waals surface area contributed by atoms with E-state index in [1.54, 1.807) is 10.7 Å². The first-order valence-corrected chi connectivity index (χ1v) is 8.55. The Morgan fingerprint density at radius 2 is 1.70 bits per heavy atom. The van der Waals surface area contributed by atoms with Crippen molar-refractivity contribution in [1.29, 1.82) is 0 Å². The minimum absolute atomic E-state index is 0.612. The summed E-state index contributed by atoms with van der Waals surface area (Å²) in [6.45, 7) is 0.